The van der Waals surface area contributed by atoms with E-state index in [9.17, 15) is 4.79 Å². The third-order valence-electron chi connectivity index (χ3n) is 4.20. The Bertz CT molecular complexity index is 955. The lowest BCUT2D eigenvalue weighted by atomic mass is 10.1. The Kier molecular flexibility index (Phi) is 6.28. The van der Waals surface area contributed by atoms with Crippen molar-refractivity contribution in [2.24, 2.45) is 7.05 Å². The molecule has 0 aliphatic rings. The van der Waals surface area contributed by atoms with Gasteiger partial charge in [-0.15, -0.1) is 0 Å². The Morgan fingerprint density at radius 2 is 2.04 bits per heavy atom. The number of carbonyl (C=O) groups is 1. The number of hydrogen-bond acceptors (Lipinski definition) is 5. The number of nitrogen functional groups attached to an aromatic ring is 1. The second kappa shape index (κ2) is 8.86. The number of amides is 1. The van der Waals surface area contributed by atoms with E-state index in [4.69, 9.17) is 22.1 Å². The van der Waals surface area contributed by atoms with Crippen LogP contribution in [0, 0.1) is 0 Å². The number of benzene rings is 1. The van der Waals surface area contributed by atoms with Crippen molar-refractivity contribution in [1.29, 1.82) is 0 Å². The van der Waals surface area contributed by atoms with Crippen LogP contribution in [0.5, 0.6) is 0 Å². The van der Waals surface area contributed by atoms with E-state index in [1.807, 2.05) is 44.4 Å². The monoisotopic (exact) mass is 399 g/mol. The van der Waals surface area contributed by atoms with E-state index in [1.165, 1.54) is 0 Å². The van der Waals surface area contributed by atoms with Gasteiger partial charge in [-0.1, -0.05) is 23.7 Å². The topological polar surface area (TPSA) is 95.1 Å². The molecule has 0 radical (unpaired) electrons. The summed E-state index contributed by atoms with van der Waals surface area (Å²) in [6, 6.07) is 9.16. The Hall–Kier alpha value is -2.90. The maximum Gasteiger partial charge on any atom is 0.255 e. The number of rotatable bonds is 7. The molecular formula is C20H22ClN5O2. The molecular weight excluding hydrogens is 378 g/mol. The van der Waals surface area contributed by atoms with Gasteiger partial charge in [0, 0.05) is 42.1 Å². The van der Waals surface area contributed by atoms with Crippen molar-refractivity contribution < 1.29 is 9.53 Å². The number of nitrogens with zero attached hydrogens (tertiary/aromatic N) is 3. The van der Waals surface area contributed by atoms with Gasteiger partial charge in [-0.25, -0.2) is 4.98 Å². The smallest absolute Gasteiger partial charge is 0.255 e. The van der Waals surface area contributed by atoms with Crippen LogP contribution in [0.15, 0.2) is 48.9 Å². The first-order valence-corrected chi connectivity index (χ1v) is 9.19. The molecule has 3 rings (SSSR count). The average molecular weight is 400 g/mol. The molecule has 2 aromatic heterocycles. The van der Waals surface area contributed by atoms with Crippen LogP contribution >= 0.6 is 11.6 Å². The lowest BCUT2D eigenvalue weighted by molar-refractivity contribution is 0.0509. The Morgan fingerprint density at radius 1 is 1.29 bits per heavy atom. The van der Waals surface area contributed by atoms with Crippen LogP contribution in [0.25, 0.3) is 11.1 Å². The van der Waals surface area contributed by atoms with Crippen molar-refractivity contribution in [1.82, 2.24) is 20.1 Å². The molecule has 0 fully saturated rings. The summed E-state index contributed by atoms with van der Waals surface area (Å²) in [5, 5.41) is 7.66. The van der Waals surface area contributed by atoms with E-state index >= 15 is 0 Å². The summed E-state index contributed by atoms with van der Waals surface area (Å²) in [6.07, 6.45) is 5.01. The molecule has 0 bridgehead atoms. The molecule has 3 N–H and O–H groups in total. The molecule has 0 spiro atoms. The van der Waals surface area contributed by atoms with Gasteiger partial charge in [0.1, 0.15) is 5.82 Å². The standard InChI is InChI=1S/C20H22ClN5O2/c1-13(28-12-14-3-5-17(21)6-4-14)8-24-20(27)18-7-15(9-23-19(18)22)16-10-25-26(2)11-16/h3-7,9-11,13H,8,12H2,1-2H3,(H2,22,23)(H,24,27). The first kappa shape index (κ1) is 19.9. The summed E-state index contributed by atoms with van der Waals surface area (Å²) < 4.78 is 7.45. The second-order valence-electron chi connectivity index (χ2n) is 6.52. The minimum absolute atomic E-state index is 0.171. The van der Waals surface area contributed by atoms with Crippen molar-refractivity contribution >= 4 is 23.3 Å². The van der Waals surface area contributed by atoms with Crippen LogP contribution in [0.2, 0.25) is 5.02 Å². The molecule has 0 saturated carbocycles. The molecule has 1 aromatic carbocycles. The van der Waals surface area contributed by atoms with Gasteiger partial charge in [0.05, 0.1) is 24.5 Å². The summed E-state index contributed by atoms with van der Waals surface area (Å²) in [5.41, 5.74) is 8.87. The molecule has 146 valence electrons. The lowest BCUT2D eigenvalue weighted by Crippen LogP contribution is -2.32. The predicted molar refractivity (Wildman–Crippen MR) is 109 cm³/mol. The molecule has 1 amide bonds. The van der Waals surface area contributed by atoms with E-state index < -0.39 is 0 Å². The quantitative estimate of drug-likeness (QED) is 0.636. The van der Waals surface area contributed by atoms with Crippen LogP contribution in [0.3, 0.4) is 0 Å². The Labute approximate surface area is 168 Å². The number of halogens is 1. The highest BCUT2D eigenvalue weighted by atomic mass is 35.5. The fourth-order valence-corrected chi connectivity index (χ4v) is 2.72. The zero-order valence-corrected chi connectivity index (χ0v) is 16.5. The summed E-state index contributed by atoms with van der Waals surface area (Å²) in [6.45, 7) is 2.68. The molecule has 1 atom stereocenters. The third kappa shape index (κ3) is 5.09. The molecule has 0 aliphatic carbocycles. The van der Waals surface area contributed by atoms with Gasteiger partial charge in [-0.2, -0.15) is 5.10 Å². The first-order valence-electron chi connectivity index (χ1n) is 8.81. The van der Waals surface area contributed by atoms with Crippen LogP contribution in [0.1, 0.15) is 22.8 Å². The number of anilines is 1. The SMILES string of the molecule is CC(CNC(=O)c1cc(-c2cnn(C)c2)cnc1N)OCc1ccc(Cl)cc1. The summed E-state index contributed by atoms with van der Waals surface area (Å²) in [4.78, 5) is 16.7. The molecule has 28 heavy (non-hydrogen) atoms. The van der Waals surface area contributed by atoms with Gasteiger partial charge < -0.3 is 15.8 Å². The van der Waals surface area contributed by atoms with Crippen molar-refractivity contribution in [3.63, 3.8) is 0 Å². The van der Waals surface area contributed by atoms with Gasteiger partial charge >= 0.3 is 0 Å². The Balaban J connectivity index is 1.57. The number of ether oxygens (including phenoxy) is 1. The van der Waals surface area contributed by atoms with Crippen molar-refractivity contribution in [2.75, 3.05) is 12.3 Å². The fraction of sp³-hybridized carbons (Fsp3) is 0.250. The highest BCUT2D eigenvalue weighted by Gasteiger charge is 2.14. The van der Waals surface area contributed by atoms with Crippen LogP contribution in [0.4, 0.5) is 5.82 Å². The number of pyridine rings is 1. The summed E-state index contributed by atoms with van der Waals surface area (Å²) >= 11 is 5.87. The predicted octanol–water partition coefficient (Wildman–Crippen LogP) is 3.05. The van der Waals surface area contributed by atoms with E-state index in [1.54, 1.807) is 23.1 Å². The molecule has 7 nitrogen and oxygen atoms in total. The second-order valence-corrected chi connectivity index (χ2v) is 6.95. The zero-order chi connectivity index (χ0) is 20.1. The molecule has 0 saturated heterocycles. The normalized spacial score (nSPS) is 12.0. The summed E-state index contributed by atoms with van der Waals surface area (Å²) in [7, 11) is 1.83. The largest absolute Gasteiger partial charge is 0.383 e. The van der Waals surface area contributed by atoms with Crippen molar-refractivity contribution in [3.8, 4) is 11.1 Å². The highest BCUT2D eigenvalue weighted by Crippen LogP contribution is 2.21. The number of carbonyl (C=O) groups excluding carboxylic acids is 1. The van der Waals surface area contributed by atoms with Crippen molar-refractivity contribution in [2.45, 2.75) is 19.6 Å². The van der Waals surface area contributed by atoms with Crippen molar-refractivity contribution in [3.05, 3.63) is 65.1 Å². The van der Waals surface area contributed by atoms with Crippen LogP contribution in [-0.2, 0) is 18.4 Å². The summed E-state index contributed by atoms with van der Waals surface area (Å²) in [5.74, 6) is -0.113. The zero-order valence-electron chi connectivity index (χ0n) is 15.7. The third-order valence-corrected chi connectivity index (χ3v) is 4.45. The van der Waals surface area contributed by atoms with Gasteiger partial charge in [0.15, 0.2) is 0 Å². The van der Waals surface area contributed by atoms with Crippen LogP contribution < -0.4 is 11.1 Å². The van der Waals surface area contributed by atoms with Gasteiger partial charge in [0.25, 0.3) is 5.91 Å². The minimum atomic E-state index is -0.294. The van der Waals surface area contributed by atoms with E-state index in [0.29, 0.717) is 23.7 Å². The lowest BCUT2D eigenvalue weighted by Gasteiger charge is -2.15. The fourth-order valence-electron chi connectivity index (χ4n) is 2.60. The van der Waals surface area contributed by atoms with Gasteiger partial charge in [0.2, 0.25) is 0 Å². The van der Waals surface area contributed by atoms with E-state index in [2.05, 4.69) is 15.4 Å². The highest BCUT2D eigenvalue weighted by molar-refractivity contribution is 6.30. The molecule has 0 aliphatic heterocycles. The number of hydrogen-bond donors (Lipinski definition) is 2. The Morgan fingerprint density at radius 3 is 2.71 bits per heavy atom. The minimum Gasteiger partial charge on any atom is -0.383 e. The maximum atomic E-state index is 12.5. The molecule has 3 aromatic rings. The van der Waals surface area contributed by atoms with Gasteiger partial charge in [-0.05, 0) is 30.7 Å². The molecule has 1 unspecified atom stereocenters. The number of aromatic nitrogens is 3. The average Bonchev–Trinajstić information content (AvgIpc) is 3.12. The number of nitrogens with one attached hydrogen (secondary N) is 1. The number of aryl methyl sites for hydroxylation is 1. The van der Waals surface area contributed by atoms with E-state index in [-0.39, 0.29) is 17.8 Å². The first-order chi connectivity index (χ1) is 13.4. The van der Waals surface area contributed by atoms with Gasteiger partial charge in [-0.3, -0.25) is 9.48 Å². The maximum absolute atomic E-state index is 12.5. The number of nitrogens with two attached hydrogens (primary N) is 1. The van der Waals surface area contributed by atoms with E-state index in [0.717, 1.165) is 16.7 Å². The molecule has 2 heterocycles. The van der Waals surface area contributed by atoms with Crippen LogP contribution in [-0.4, -0.2) is 33.3 Å². The molecule has 8 heteroatoms.